The molecule has 0 N–H and O–H groups in total. The molecule has 28 heavy (non-hydrogen) atoms. The van der Waals surface area contributed by atoms with Gasteiger partial charge in [0.05, 0.1) is 6.33 Å². The summed E-state index contributed by atoms with van der Waals surface area (Å²) in [6.07, 6.45) is 5.96. The highest BCUT2D eigenvalue weighted by molar-refractivity contribution is 6.86. The van der Waals surface area contributed by atoms with Crippen molar-refractivity contribution in [1.82, 2.24) is 9.55 Å². The highest BCUT2D eigenvalue weighted by Gasteiger charge is 2.21. The number of aromatic nitrogens is 2. The van der Waals surface area contributed by atoms with Gasteiger partial charge >= 0.3 is 0 Å². The van der Waals surface area contributed by atoms with Crippen molar-refractivity contribution in [3.05, 3.63) is 79.4 Å². The molecule has 0 spiro atoms. The van der Waals surface area contributed by atoms with E-state index in [1.807, 2.05) is 24.6 Å². The number of nitrogens with zero attached hydrogens (tertiary/aromatic N) is 2. The molecule has 0 amide bonds. The predicted molar refractivity (Wildman–Crippen MR) is 120 cm³/mol. The van der Waals surface area contributed by atoms with Crippen molar-refractivity contribution in [3.63, 3.8) is 0 Å². The Labute approximate surface area is 169 Å². The summed E-state index contributed by atoms with van der Waals surface area (Å²) >= 11 is 0. The minimum atomic E-state index is 0.101. The Hall–Kier alpha value is -2.62. The summed E-state index contributed by atoms with van der Waals surface area (Å²) in [5.41, 5.74) is 2.81. The SMILES string of the molecule is CC(C)B(c1ccccc1)c1ccccc1.CCC(=O)C(C)Cn1ccnc1. The summed E-state index contributed by atoms with van der Waals surface area (Å²) in [5, 5.41) is 0. The Balaban J connectivity index is 0.000000209. The fraction of sp³-hybridized carbons (Fsp3) is 0.333. The zero-order chi connectivity index (χ0) is 20.4. The number of Topliss-reactive ketones (excluding diaryl/α,β-unsaturated/α-hetero) is 1. The quantitative estimate of drug-likeness (QED) is 0.581. The van der Waals surface area contributed by atoms with Gasteiger partial charge in [0.1, 0.15) is 5.78 Å². The Bertz CT molecular complexity index is 762. The third-order valence-electron chi connectivity index (χ3n) is 4.93. The molecule has 3 nitrogen and oxygen atoms in total. The van der Waals surface area contributed by atoms with Gasteiger partial charge in [-0.25, -0.2) is 4.98 Å². The molecule has 0 aliphatic carbocycles. The summed E-state index contributed by atoms with van der Waals surface area (Å²) in [4.78, 5) is 15.1. The number of imidazole rings is 1. The van der Waals surface area contributed by atoms with Crippen LogP contribution in [0.15, 0.2) is 79.4 Å². The Morgan fingerprint density at radius 1 is 0.964 bits per heavy atom. The van der Waals surface area contributed by atoms with Crippen molar-refractivity contribution < 1.29 is 4.79 Å². The van der Waals surface area contributed by atoms with Crippen molar-refractivity contribution >= 4 is 23.4 Å². The molecule has 1 unspecified atom stereocenters. The highest BCUT2D eigenvalue weighted by atomic mass is 16.1. The fourth-order valence-electron chi connectivity index (χ4n) is 3.44. The average Bonchev–Trinajstić information content (AvgIpc) is 3.22. The molecular formula is C24H31BN2O. The largest absolute Gasteiger partial charge is 0.337 e. The molecule has 3 rings (SSSR count). The molecule has 2 aromatic carbocycles. The van der Waals surface area contributed by atoms with E-state index in [4.69, 9.17) is 0 Å². The van der Waals surface area contributed by atoms with Crippen LogP contribution in [-0.4, -0.2) is 22.0 Å². The lowest BCUT2D eigenvalue weighted by molar-refractivity contribution is -0.122. The van der Waals surface area contributed by atoms with Crippen molar-refractivity contribution in [3.8, 4) is 0 Å². The second kappa shape index (κ2) is 11.3. The molecule has 1 heterocycles. The number of hydrogen-bond acceptors (Lipinski definition) is 2. The summed E-state index contributed by atoms with van der Waals surface area (Å²) in [7, 11) is 0. The molecule has 1 aromatic heterocycles. The van der Waals surface area contributed by atoms with Crippen molar-refractivity contribution in [1.29, 1.82) is 0 Å². The number of carbonyl (C=O) groups excluding carboxylic acids is 1. The van der Waals surface area contributed by atoms with Gasteiger partial charge in [-0.2, -0.15) is 0 Å². The third kappa shape index (κ3) is 6.52. The molecule has 0 fully saturated rings. The third-order valence-corrected chi connectivity index (χ3v) is 4.93. The van der Waals surface area contributed by atoms with E-state index < -0.39 is 0 Å². The van der Waals surface area contributed by atoms with E-state index in [9.17, 15) is 4.79 Å². The molecule has 146 valence electrons. The first-order valence-electron chi connectivity index (χ1n) is 10.1. The first-order valence-corrected chi connectivity index (χ1v) is 10.1. The lowest BCUT2D eigenvalue weighted by Gasteiger charge is -2.18. The van der Waals surface area contributed by atoms with Crippen molar-refractivity contribution in [2.45, 2.75) is 46.5 Å². The number of rotatable bonds is 7. The molecule has 0 saturated carbocycles. The van der Waals surface area contributed by atoms with E-state index in [1.165, 1.54) is 10.9 Å². The van der Waals surface area contributed by atoms with Crippen LogP contribution in [0, 0.1) is 5.92 Å². The summed E-state index contributed by atoms with van der Waals surface area (Å²) in [5.74, 6) is 1.03. The van der Waals surface area contributed by atoms with Crippen LogP contribution < -0.4 is 10.9 Å². The number of benzene rings is 2. The van der Waals surface area contributed by atoms with Crippen LogP contribution in [0.5, 0.6) is 0 Å². The van der Waals surface area contributed by atoms with Crippen LogP contribution in [0.25, 0.3) is 0 Å². The van der Waals surface area contributed by atoms with E-state index in [2.05, 4.69) is 79.5 Å². The standard InChI is InChI=1S/C15H17B.C9H14N2O/c1-13(2)16(14-9-5-3-6-10-14)15-11-7-4-8-12-15;1-3-9(12)8(2)6-11-5-4-10-7-11/h3-13H,1-2H3;4-5,7-8H,3,6H2,1-2H3. The lowest BCUT2D eigenvalue weighted by Crippen LogP contribution is -2.44. The fourth-order valence-corrected chi connectivity index (χ4v) is 3.44. The Morgan fingerprint density at radius 2 is 1.50 bits per heavy atom. The zero-order valence-corrected chi connectivity index (χ0v) is 17.5. The minimum absolute atomic E-state index is 0.101. The van der Waals surface area contributed by atoms with Gasteiger partial charge < -0.3 is 4.57 Å². The predicted octanol–water partition coefficient (Wildman–Crippen LogP) is 4.20. The maximum absolute atomic E-state index is 11.2. The topological polar surface area (TPSA) is 34.9 Å². The maximum atomic E-state index is 11.2. The van der Waals surface area contributed by atoms with Crippen LogP contribution >= 0.6 is 0 Å². The molecular weight excluding hydrogens is 343 g/mol. The van der Waals surface area contributed by atoms with Gasteiger partial charge in [0.25, 0.3) is 0 Å². The van der Waals surface area contributed by atoms with Gasteiger partial charge in [0, 0.05) is 31.3 Å². The summed E-state index contributed by atoms with van der Waals surface area (Å²) < 4.78 is 1.93. The van der Waals surface area contributed by atoms with Gasteiger partial charge in [-0.05, 0) is 0 Å². The van der Waals surface area contributed by atoms with Crippen LogP contribution in [0.3, 0.4) is 0 Å². The van der Waals surface area contributed by atoms with E-state index in [-0.39, 0.29) is 5.92 Å². The number of ketones is 1. The molecule has 0 saturated heterocycles. The molecule has 0 aliphatic rings. The van der Waals surface area contributed by atoms with E-state index in [0.29, 0.717) is 24.7 Å². The molecule has 3 aromatic rings. The van der Waals surface area contributed by atoms with Crippen LogP contribution in [0.4, 0.5) is 0 Å². The second-order valence-corrected chi connectivity index (χ2v) is 7.52. The first kappa shape index (κ1) is 21.7. The van der Waals surface area contributed by atoms with Gasteiger partial charge in [-0.1, -0.05) is 105 Å². The molecule has 1 atom stereocenters. The Kier molecular flexibility index (Phi) is 8.73. The summed E-state index contributed by atoms with van der Waals surface area (Å²) in [6.45, 7) is 9.66. The van der Waals surface area contributed by atoms with Gasteiger partial charge in [0.2, 0.25) is 6.71 Å². The van der Waals surface area contributed by atoms with E-state index in [1.54, 1.807) is 12.5 Å². The van der Waals surface area contributed by atoms with Crippen molar-refractivity contribution in [2.75, 3.05) is 0 Å². The van der Waals surface area contributed by atoms with Gasteiger partial charge in [0.15, 0.2) is 0 Å². The van der Waals surface area contributed by atoms with Crippen LogP contribution in [-0.2, 0) is 11.3 Å². The molecule has 0 bridgehead atoms. The van der Waals surface area contributed by atoms with Crippen molar-refractivity contribution in [2.24, 2.45) is 5.92 Å². The molecule has 0 aliphatic heterocycles. The van der Waals surface area contributed by atoms with E-state index in [0.717, 1.165) is 6.54 Å². The van der Waals surface area contributed by atoms with Gasteiger partial charge in [-0.15, -0.1) is 0 Å². The normalized spacial score (nSPS) is 11.5. The zero-order valence-electron chi connectivity index (χ0n) is 17.5. The lowest BCUT2D eigenvalue weighted by atomic mass is 9.34. The van der Waals surface area contributed by atoms with E-state index >= 15 is 0 Å². The second-order valence-electron chi connectivity index (χ2n) is 7.52. The minimum Gasteiger partial charge on any atom is -0.337 e. The maximum Gasteiger partial charge on any atom is 0.211 e. The summed E-state index contributed by atoms with van der Waals surface area (Å²) in [6, 6.07) is 21.5. The Morgan fingerprint density at radius 3 is 1.89 bits per heavy atom. The smallest absolute Gasteiger partial charge is 0.211 e. The van der Waals surface area contributed by atoms with Gasteiger partial charge in [-0.3, -0.25) is 4.79 Å². The average molecular weight is 374 g/mol. The molecule has 4 heteroatoms. The number of carbonyl (C=O) groups is 1. The number of hydrogen-bond donors (Lipinski definition) is 0. The highest BCUT2D eigenvalue weighted by Crippen LogP contribution is 2.08. The first-order chi connectivity index (χ1) is 13.5. The van der Waals surface area contributed by atoms with Crippen LogP contribution in [0.2, 0.25) is 5.82 Å². The van der Waals surface area contributed by atoms with Crippen LogP contribution in [0.1, 0.15) is 34.1 Å². The molecule has 0 radical (unpaired) electrons. The monoisotopic (exact) mass is 374 g/mol.